The fraction of sp³-hybridized carbons (Fsp3) is 0.130. The van der Waals surface area contributed by atoms with Gasteiger partial charge in [0.2, 0.25) is 5.28 Å². The van der Waals surface area contributed by atoms with Crippen LogP contribution in [-0.4, -0.2) is 9.97 Å². The third-order valence-corrected chi connectivity index (χ3v) is 5.58. The molecular formula is C23H17ClN2. The third-order valence-electron chi connectivity index (χ3n) is 5.41. The van der Waals surface area contributed by atoms with Crippen LogP contribution in [0.1, 0.15) is 25.0 Å². The second-order valence-electron chi connectivity index (χ2n) is 7.26. The molecule has 1 aromatic heterocycles. The number of benzene rings is 3. The minimum absolute atomic E-state index is 0.0962. The number of nitrogens with zero attached hydrogens (tertiary/aromatic N) is 2. The molecule has 3 aromatic carbocycles. The molecule has 1 aliphatic rings. The summed E-state index contributed by atoms with van der Waals surface area (Å²) in [7, 11) is 0. The predicted octanol–water partition coefficient (Wildman–Crippen LogP) is 6.26. The standard InChI is InChI=1S/C23H17ClN2/c1-23(2)18-12-5-3-8-14(18)15-10-7-11-17(20(15)23)21-16-9-4-6-13-19(16)25-22(24)26-21/h3-13H,1-2H3. The van der Waals surface area contributed by atoms with Gasteiger partial charge in [0.25, 0.3) is 0 Å². The van der Waals surface area contributed by atoms with Crippen molar-refractivity contribution in [3.8, 4) is 22.4 Å². The summed E-state index contributed by atoms with van der Waals surface area (Å²) < 4.78 is 0. The lowest BCUT2D eigenvalue weighted by atomic mass is 9.79. The van der Waals surface area contributed by atoms with Gasteiger partial charge in [0, 0.05) is 16.4 Å². The quantitative estimate of drug-likeness (QED) is 0.376. The molecule has 0 radical (unpaired) electrons. The van der Waals surface area contributed by atoms with Crippen molar-refractivity contribution in [2.45, 2.75) is 19.3 Å². The zero-order valence-electron chi connectivity index (χ0n) is 14.6. The predicted molar refractivity (Wildman–Crippen MR) is 108 cm³/mol. The molecule has 0 atom stereocenters. The first kappa shape index (κ1) is 15.5. The largest absolute Gasteiger partial charge is 0.223 e. The first-order chi connectivity index (χ1) is 12.6. The van der Waals surface area contributed by atoms with Crippen molar-refractivity contribution in [3.05, 3.63) is 83.1 Å². The molecule has 0 N–H and O–H groups in total. The molecule has 0 bridgehead atoms. The number of rotatable bonds is 1. The lowest BCUT2D eigenvalue weighted by molar-refractivity contribution is 0.662. The average Bonchev–Trinajstić information content (AvgIpc) is 2.89. The lowest BCUT2D eigenvalue weighted by Crippen LogP contribution is -2.16. The highest BCUT2D eigenvalue weighted by atomic mass is 35.5. The van der Waals surface area contributed by atoms with E-state index >= 15 is 0 Å². The van der Waals surface area contributed by atoms with Gasteiger partial charge in [-0.1, -0.05) is 74.5 Å². The second kappa shape index (κ2) is 5.39. The molecule has 3 heteroatoms. The number of fused-ring (bicyclic) bond motifs is 4. The molecule has 0 saturated carbocycles. The van der Waals surface area contributed by atoms with E-state index in [9.17, 15) is 0 Å². The van der Waals surface area contributed by atoms with Crippen molar-refractivity contribution >= 4 is 22.5 Å². The normalized spacial score (nSPS) is 14.3. The Morgan fingerprint density at radius 1 is 0.731 bits per heavy atom. The maximum Gasteiger partial charge on any atom is 0.223 e. The fourth-order valence-corrected chi connectivity index (χ4v) is 4.47. The zero-order valence-corrected chi connectivity index (χ0v) is 15.4. The first-order valence-corrected chi connectivity index (χ1v) is 9.11. The molecule has 5 rings (SSSR count). The van der Waals surface area contributed by atoms with E-state index in [1.54, 1.807) is 0 Å². The Balaban J connectivity index is 1.89. The van der Waals surface area contributed by atoms with Crippen LogP contribution in [0.15, 0.2) is 66.7 Å². The molecule has 0 aliphatic heterocycles. The summed E-state index contributed by atoms with van der Waals surface area (Å²) in [5, 5.41) is 1.31. The van der Waals surface area contributed by atoms with Gasteiger partial charge in [-0.25, -0.2) is 9.97 Å². The van der Waals surface area contributed by atoms with Crippen LogP contribution in [0.25, 0.3) is 33.3 Å². The average molecular weight is 357 g/mol. The summed E-state index contributed by atoms with van der Waals surface area (Å²) in [6, 6.07) is 23.2. The SMILES string of the molecule is CC1(C)c2ccccc2-c2cccc(-c3nc(Cl)nc4ccccc34)c21. The molecule has 26 heavy (non-hydrogen) atoms. The number of hydrogen-bond donors (Lipinski definition) is 0. The van der Waals surface area contributed by atoms with Gasteiger partial charge in [-0.15, -0.1) is 0 Å². The first-order valence-electron chi connectivity index (χ1n) is 8.73. The van der Waals surface area contributed by atoms with Crippen molar-refractivity contribution in [2.75, 3.05) is 0 Å². The molecule has 0 spiro atoms. The van der Waals surface area contributed by atoms with Crippen molar-refractivity contribution in [1.82, 2.24) is 9.97 Å². The molecular weight excluding hydrogens is 340 g/mol. The van der Waals surface area contributed by atoms with E-state index in [1.165, 1.54) is 22.3 Å². The maximum atomic E-state index is 6.26. The van der Waals surface area contributed by atoms with Crippen LogP contribution in [0, 0.1) is 0 Å². The van der Waals surface area contributed by atoms with E-state index in [4.69, 9.17) is 11.6 Å². The molecule has 0 amide bonds. The van der Waals surface area contributed by atoms with Crippen molar-refractivity contribution in [3.63, 3.8) is 0 Å². The summed E-state index contributed by atoms with van der Waals surface area (Å²) in [6.07, 6.45) is 0. The van der Waals surface area contributed by atoms with Gasteiger partial charge in [-0.05, 0) is 39.9 Å². The van der Waals surface area contributed by atoms with Gasteiger partial charge in [-0.2, -0.15) is 0 Å². The molecule has 1 aliphatic carbocycles. The van der Waals surface area contributed by atoms with E-state index in [0.717, 1.165) is 22.2 Å². The Kier molecular flexibility index (Phi) is 3.22. The van der Waals surface area contributed by atoms with Gasteiger partial charge in [-0.3, -0.25) is 0 Å². The molecule has 0 saturated heterocycles. The Hall–Kier alpha value is -2.71. The molecule has 0 fully saturated rings. The van der Waals surface area contributed by atoms with Crippen LogP contribution < -0.4 is 0 Å². The summed E-state index contributed by atoms with van der Waals surface area (Å²) in [4.78, 5) is 9.02. The Morgan fingerprint density at radius 3 is 2.31 bits per heavy atom. The van der Waals surface area contributed by atoms with Crippen LogP contribution in [0.5, 0.6) is 0 Å². The minimum Gasteiger partial charge on any atom is -0.218 e. The van der Waals surface area contributed by atoms with Crippen molar-refractivity contribution in [1.29, 1.82) is 0 Å². The molecule has 126 valence electrons. The van der Waals surface area contributed by atoms with E-state index in [0.29, 0.717) is 0 Å². The Bertz CT molecular complexity index is 1180. The topological polar surface area (TPSA) is 25.8 Å². The number of hydrogen-bond acceptors (Lipinski definition) is 2. The summed E-state index contributed by atoms with van der Waals surface area (Å²) in [6.45, 7) is 4.57. The van der Waals surface area contributed by atoms with Crippen molar-refractivity contribution in [2.24, 2.45) is 0 Å². The zero-order chi connectivity index (χ0) is 17.9. The number of halogens is 1. The summed E-state index contributed by atoms with van der Waals surface area (Å²) in [5.74, 6) is 0. The Morgan fingerprint density at radius 2 is 1.42 bits per heavy atom. The van der Waals surface area contributed by atoms with E-state index < -0.39 is 0 Å². The van der Waals surface area contributed by atoms with Crippen LogP contribution in [0.3, 0.4) is 0 Å². The third kappa shape index (κ3) is 2.06. The van der Waals surface area contributed by atoms with E-state index in [2.05, 4.69) is 72.3 Å². The van der Waals surface area contributed by atoms with Crippen LogP contribution in [0.4, 0.5) is 0 Å². The lowest BCUT2D eigenvalue weighted by Gasteiger charge is -2.24. The maximum absolute atomic E-state index is 6.26. The second-order valence-corrected chi connectivity index (χ2v) is 7.60. The highest BCUT2D eigenvalue weighted by Gasteiger charge is 2.37. The molecule has 4 aromatic rings. The van der Waals surface area contributed by atoms with Crippen LogP contribution in [0.2, 0.25) is 5.28 Å². The highest BCUT2D eigenvalue weighted by Crippen LogP contribution is 2.52. The Labute approximate surface area is 157 Å². The molecule has 0 unspecified atom stereocenters. The van der Waals surface area contributed by atoms with Gasteiger partial charge < -0.3 is 0 Å². The highest BCUT2D eigenvalue weighted by molar-refractivity contribution is 6.29. The molecule has 2 nitrogen and oxygen atoms in total. The minimum atomic E-state index is -0.0962. The van der Waals surface area contributed by atoms with Gasteiger partial charge in [0.1, 0.15) is 0 Å². The van der Waals surface area contributed by atoms with Crippen molar-refractivity contribution < 1.29 is 0 Å². The van der Waals surface area contributed by atoms with E-state index in [1.807, 2.05) is 18.2 Å². The van der Waals surface area contributed by atoms with Gasteiger partial charge in [0.05, 0.1) is 11.2 Å². The molecule has 1 heterocycles. The monoisotopic (exact) mass is 356 g/mol. The van der Waals surface area contributed by atoms with Crippen LogP contribution in [-0.2, 0) is 5.41 Å². The number of aromatic nitrogens is 2. The van der Waals surface area contributed by atoms with Crippen LogP contribution >= 0.6 is 11.6 Å². The smallest absolute Gasteiger partial charge is 0.218 e. The number of para-hydroxylation sites is 1. The van der Waals surface area contributed by atoms with Gasteiger partial charge in [0.15, 0.2) is 0 Å². The fourth-order valence-electron chi connectivity index (χ4n) is 4.30. The van der Waals surface area contributed by atoms with E-state index in [-0.39, 0.29) is 10.7 Å². The summed E-state index contributed by atoms with van der Waals surface area (Å²) in [5.41, 5.74) is 8.05. The summed E-state index contributed by atoms with van der Waals surface area (Å²) >= 11 is 6.26. The van der Waals surface area contributed by atoms with Gasteiger partial charge >= 0.3 is 0 Å².